The second-order valence-corrected chi connectivity index (χ2v) is 3.84. The van der Waals surface area contributed by atoms with Gasteiger partial charge < -0.3 is 15.4 Å². The molecule has 0 radical (unpaired) electrons. The van der Waals surface area contributed by atoms with Gasteiger partial charge in [0.25, 0.3) is 0 Å². The van der Waals surface area contributed by atoms with Crippen LogP contribution in [0.3, 0.4) is 0 Å². The summed E-state index contributed by atoms with van der Waals surface area (Å²) in [6.07, 6.45) is 1.72. The minimum absolute atomic E-state index is 0.0481. The average molecular weight is 209 g/mol. The van der Waals surface area contributed by atoms with Crippen LogP contribution in [0.15, 0.2) is 18.3 Å². The lowest BCUT2D eigenvalue weighted by Gasteiger charge is -2.14. The zero-order valence-electron chi connectivity index (χ0n) is 9.60. The van der Waals surface area contributed by atoms with Crippen LogP contribution in [0, 0.1) is 0 Å². The fourth-order valence-corrected chi connectivity index (χ4v) is 1.20. The van der Waals surface area contributed by atoms with E-state index in [1.807, 2.05) is 33.2 Å². The summed E-state index contributed by atoms with van der Waals surface area (Å²) in [5, 5.41) is 0. The van der Waals surface area contributed by atoms with Crippen molar-refractivity contribution >= 4 is 0 Å². The van der Waals surface area contributed by atoms with Gasteiger partial charge in [-0.3, -0.25) is 0 Å². The third kappa shape index (κ3) is 3.85. The monoisotopic (exact) mass is 209 g/mol. The minimum Gasteiger partial charge on any atom is -0.476 e. The fraction of sp³-hybridized carbons (Fsp3) is 0.545. The molecule has 1 aromatic rings. The van der Waals surface area contributed by atoms with Crippen LogP contribution in [0.1, 0.15) is 18.5 Å². The summed E-state index contributed by atoms with van der Waals surface area (Å²) in [5.41, 5.74) is 6.77. The third-order valence-electron chi connectivity index (χ3n) is 2.07. The Labute approximate surface area is 91.1 Å². The van der Waals surface area contributed by atoms with E-state index in [0.29, 0.717) is 12.5 Å². The lowest BCUT2D eigenvalue weighted by molar-refractivity contribution is 0.251. The molecule has 4 nitrogen and oxygen atoms in total. The molecule has 1 aromatic heterocycles. The number of likely N-dealkylation sites (N-methyl/N-ethyl adjacent to an activating group) is 1. The van der Waals surface area contributed by atoms with Crippen molar-refractivity contribution in [3.8, 4) is 5.88 Å². The number of pyridine rings is 1. The molecule has 1 unspecified atom stereocenters. The highest BCUT2D eigenvalue weighted by Crippen LogP contribution is 2.19. The SMILES string of the molecule is CC(N)c1cccnc1OCCN(C)C. The molecule has 0 saturated carbocycles. The standard InChI is InChI=1S/C11H19N3O/c1-9(12)10-5-4-6-13-11(10)15-8-7-14(2)3/h4-6,9H,7-8,12H2,1-3H3. The van der Waals surface area contributed by atoms with Crippen LogP contribution in [0.2, 0.25) is 0 Å². The van der Waals surface area contributed by atoms with Gasteiger partial charge in [0.1, 0.15) is 6.61 Å². The van der Waals surface area contributed by atoms with Crippen LogP contribution in [-0.2, 0) is 0 Å². The van der Waals surface area contributed by atoms with Crippen molar-refractivity contribution < 1.29 is 4.74 Å². The molecule has 2 N–H and O–H groups in total. The van der Waals surface area contributed by atoms with E-state index >= 15 is 0 Å². The van der Waals surface area contributed by atoms with E-state index < -0.39 is 0 Å². The normalized spacial score (nSPS) is 12.9. The van der Waals surface area contributed by atoms with Gasteiger partial charge in [-0.2, -0.15) is 0 Å². The first-order chi connectivity index (χ1) is 7.11. The molecule has 0 aliphatic carbocycles. The minimum atomic E-state index is -0.0481. The highest BCUT2D eigenvalue weighted by Gasteiger charge is 2.08. The Hall–Kier alpha value is -1.13. The van der Waals surface area contributed by atoms with E-state index in [1.54, 1.807) is 6.20 Å². The Balaban J connectivity index is 2.59. The Morgan fingerprint density at radius 2 is 2.27 bits per heavy atom. The first-order valence-electron chi connectivity index (χ1n) is 5.09. The van der Waals surface area contributed by atoms with Gasteiger partial charge in [-0.15, -0.1) is 0 Å². The molecule has 1 atom stereocenters. The number of nitrogens with zero attached hydrogens (tertiary/aromatic N) is 2. The predicted octanol–water partition coefficient (Wildman–Crippen LogP) is 1.04. The van der Waals surface area contributed by atoms with Crippen molar-refractivity contribution in [1.82, 2.24) is 9.88 Å². The highest BCUT2D eigenvalue weighted by atomic mass is 16.5. The molecule has 0 spiro atoms. The molecule has 0 aromatic carbocycles. The predicted molar refractivity (Wildman–Crippen MR) is 60.9 cm³/mol. The molecule has 0 aliphatic rings. The molecule has 1 rings (SSSR count). The number of hydrogen-bond donors (Lipinski definition) is 1. The summed E-state index contributed by atoms with van der Waals surface area (Å²) in [6, 6.07) is 3.77. The number of nitrogens with two attached hydrogens (primary N) is 1. The molecule has 15 heavy (non-hydrogen) atoms. The number of rotatable bonds is 5. The van der Waals surface area contributed by atoms with Gasteiger partial charge in [-0.25, -0.2) is 4.98 Å². The van der Waals surface area contributed by atoms with Crippen molar-refractivity contribution in [2.24, 2.45) is 5.73 Å². The van der Waals surface area contributed by atoms with Gasteiger partial charge in [-0.05, 0) is 27.1 Å². The van der Waals surface area contributed by atoms with Crippen LogP contribution in [0.4, 0.5) is 0 Å². The topological polar surface area (TPSA) is 51.4 Å². The molecular formula is C11H19N3O. The van der Waals surface area contributed by atoms with Crippen LogP contribution >= 0.6 is 0 Å². The van der Waals surface area contributed by atoms with Crippen molar-refractivity contribution in [3.63, 3.8) is 0 Å². The summed E-state index contributed by atoms with van der Waals surface area (Å²) in [6.45, 7) is 3.43. The molecule has 0 fully saturated rings. The van der Waals surface area contributed by atoms with Gasteiger partial charge in [0.05, 0.1) is 0 Å². The van der Waals surface area contributed by atoms with Crippen LogP contribution in [-0.4, -0.2) is 37.1 Å². The van der Waals surface area contributed by atoms with Crippen molar-refractivity contribution in [2.45, 2.75) is 13.0 Å². The Kier molecular flexibility index (Phi) is 4.52. The van der Waals surface area contributed by atoms with Gasteiger partial charge in [0.2, 0.25) is 5.88 Å². The van der Waals surface area contributed by atoms with E-state index in [4.69, 9.17) is 10.5 Å². The highest BCUT2D eigenvalue weighted by molar-refractivity contribution is 5.28. The Morgan fingerprint density at radius 1 is 1.53 bits per heavy atom. The van der Waals surface area contributed by atoms with E-state index in [0.717, 1.165) is 12.1 Å². The van der Waals surface area contributed by atoms with Gasteiger partial charge in [-0.1, -0.05) is 6.07 Å². The molecule has 84 valence electrons. The summed E-state index contributed by atoms with van der Waals surface area (Å²) >= 11 is 0. The number of aromatic nitrogens is 1. The summed E-state index contributed by atoms with van der Waals surface area (Å²) in [5.74, 6) is 0.648. The maximum atomic E-state index is 5.82. The quantitative estimate of drug-likeness (QED) is 0.787. The zero-order valence-corrected chi connectivity index (χ0v) is 9.60. The fourth-order valence-electron chi connectivity index (χ4n) is 1.20. The van der Waals surface area contributed by atoms with Gasteiger partial charge in [0, 0.05) is 24.3 Å². The second-order valence-electron chi connectivity index (χ2n) is 3.84. The smallest absolute Gasteiger partial charge is 0.218 e. The van der Waals surface area contributed by atoms with Crippen molar-refractivity contribution in [2.75, 3.05) is 27.2 Å². The zero-order chi connectivity index (χ0) is 11.3. The van der Waals surface area contributed by atoms with E-state index in [1.165, 1.54) is 0 Å². The van der Waals surface area contributed by atoms with E-state index in [9.17, 15) is 0 Å². The molecule has 4 heteroatoms. The Bertz CT molecular complexity index is 300. The summed E-state index contributed by atoms with van der Waals surface area (Å²) < 4.78 is 5.58. The molecule has 0 bridgehead atoms. The Morgan fingerprint density at radius 3 is 2.87 bits per heavy atom. The molecule has 0 amide bonds. The van der Waals surface area contributed by atoms with Crippen LogP contribution in [0.25, 0.3) is 0 Å². The van der Waals surface area contributed by atoms with Gasteiger partial charge >= 0.3 is 0 Å². The van der Waals surface area contributed by atoms with E-state index in [-0.39, 0.29) is 6.04 Å². The summed E-state index contributed by atoms with van der Waals surface area (Å²) in [7, 11) is 4.02. The van der Waals surface area contributed by atoms with Crippen LogP contribution in [0.5, 0.6) is 5.88 Å². The lowest BCUT2D eigenvalue weighted by atomic mass is 10.1. The maximum absolute atomic E-state index is 5.82. The second kappa shape index (κ2) is 5.68. The first kappa shape index (κ1) is 11.9. The van der Waals surface area contributed by atoms with Crippen LogP contribution < -0.4 is 10.5 Å². The lowest BCUT2D eigenvalue weighted by Crippen LogP contribution is -2.20. The van der Waals surface area contributed by atoms with E-state index in [2.05, 4.69) is 9.88 Å². The average Bonchev–Trinajstić information content (AvgIpc) is 2.17. The summed E-state index contributed by atoms with van der Waals surface area (Å²) in [4.78, 5) is 6.24. The number of hydrogen-bond acceptors (Lipinski definition) is 4. The third-order valence-corrected chi connectivity index (χ3v) is 2.07. The first-order valence-corrected chi connectivity index (χ1v) is 5.09. The molecule has 0 aliphatic heterocycles. The number of ether oxygens (including phenoxy) is 1. The van der Waals surface area contributed by atoms with Crippen molar-refractivity contribution in [1.29, 1.82) is 0 Å². The van der Waals surface area contributed by atoms with Gasteiger partial charge in [0.15, 0.2) is 0 Å². The largest absolute Gasteiger partial charge is 0.476 e. The maximum Gasteiger partial charge on any atom is 0.218 e. The van der Waals surface area contributed by atoms with Crippen molar-refractivity contribution in [3.05, 3.63) is 23.9 Å². The molecular weight excluding hydrogens is 190 g/mol. The molecule has 0 saturated heterocycles. The molecule has 1 heterocycles.